The molecule has 2 rings (SSSR count). The fraction of sp³-hybridized carbons (Fsp3) is 0.417. The van der Waals surface area contributed by atoms with Gasteiger partial charge in [-0.3, -0.25) is 0 Å². The summed E-state index contributed by atoms with van der Waals surface area (Å²) >= 11 is 0. The molecule has 0 aromatic heterocycles. The van der Waals surface area contributed by atoms with E-state index in [1.807, 2.05) is 35.2 Å². The molecule has 1 aliphatic rings. The van der Waals surface area contributed by atoms with Crippen LogP contribution in [0.25, 0.3) is 0 Å². The number of hydrogen-bond donors (Lipinski definition) is 2. The van der Waals surface area contributed by atoms with Crippen LogP contribution in [-0.2, 0) is 0 Å². The minimum atomic E-state index is -0.00472. The molecular weight excluding hydrogens is 238 g/mol. The van der Waals surface area contributed by atoms with Crippen molar-refractivity contribution in [2.45, 2.75) is 6.42 Å². The molecule has 0 radical (unpaired) electrons. The Kier molecular flexibility index (Phi) is 5.80. The molecule has 0 atom stereocenters. The van der Waals surface area contributed by atoms with E-state index in [2.05, 4.69) is 10.6 Å². The average Bonchev–Trinajstić information content (AvgIpc) is 2.59. The molecule has 1 aromatic carbocycles. The van der Waals surface area contributed by atoms with E-state index in [1.165, 1.54) is 0 Å². The van der Waals surface area contributed by atoms with Crippen molar-refractivity contribution in [1.29, 1.82) is 0 Å². The first-order valence-electron chi connectivity index (χ1n) is 5.68. The van der Waals surface area contributed by atoms with Crippen molar-refractivity contribution in [2.75, 3.05) is 31.5 Å². The maximum absolute atomic E-state index is 11.9. The Bertz CT molecular complexity index is 337. The number of amides is 2. The summed E-state index contributed by atoms with van der Waals surface area (Å²) in [6.45, 7) is 3.47. The number of nitrogens with one attached hydrogen (secondary N) is 2. The minimum absolute atomic E-state index is 0. The van der Waals surface area contributed by atoms with Crippen LogP contribution >= 0.6 is 12.4 Å². The zero-order valence-electron chi connectivity index (χ0n) is 9.69. The lowest BCUT2D eigenvalue weighted by atomic mass is 10.3. The van der Waals surface area contributed by atoms with E-state index < -0.39 is 0 Å². The molecule has 1 fully saturated rings. The lowest BCUT2D eigenvalue weighted by molar-refractivity contribution is 0.215. The molecule has 1 aromatic rings. The average molecular weight is 256 g/mol. The van der Waals surface area contributed by atoms with Crippen molar-refractivity contribution in [3.05, 3.63) is 30.3 Å². The van der Waals surface area contributed by atoms with Crippen molar-refractivity contribution >= 4 is 24.1 Å². The van der Waals surface area contributed by atoms with Crippen LogP contribution in [0.3, 0.4) is 0 Å². The van der Waals surface area contributed by atoms with Crippen LogP contribution in [0.2, 0.25) is 0 Å². The Morgan fingerprint density at radius 2 is 1.94 bits per heavy atom. The van der Waals surface area contributed by atoms with Gasteiger partial charge in [0, 0.05) is 25.3 Å². The minimum Gasteiger partial charge on any atom is -0.323 e. The monoisotopic (exact) mass is 255 g/mol. The van der Waals surface area contributed by atoms with Gasteiger partial charge in [-0.05, 0) is 25.1 Å². The number of anilines is 1. The molecule has 2 amide bonds. The highest BCUT2D eigenvalue weighted by Gasteiger charge is 2.14. The SMILES string of the molecule is Cl.O=C(Nc1ccccc1)N1CCCNCC1. The molecule has 1 saturated heterocycles. The van der Waals surface area contributed by atoms with Gasteiger partial charge >= 0.3 is 6.03 Å². The summed E-state index contributed by atoms with van der Waals surface area (Å²) < 4.78 is 0. The second-order valence-corrected chi connectivity index (χ2v) is 3.89. The number of halogens is 1. The molecule has 0 bridgehead atoms. The number of urea groups is 1. The van der Waals surface area contributed by atoms with Crippen LogP contribution in [0, 0.1) is 0 Å². The predicted molar refractivity (Wildman–Crippen MR) is 71.8 cm³/mol. The Morgan fingerprint density at radius 3 is 2.71 bits per heavy atom. The fourth-order valence-electron chi connectivity index (χ4n) is 1.77. The Hall–Kier alpha value is -1.26. The number of para-hydroxylation sites is 1. The number of hydrogen-bond acceptors (Lipinski definition) is 2. The topological polar surface area (TPSA) is 44.4 Å². The third-order valence-corrected chi connectivity index (χ3v) is 2.65. The first kappa shape index (κ1) is 13.8. The van der Waals surface area contributed by atoms with Gasteiger partial charge in [-0.25, -0.2) is 4.79 Å². The smallest absolute Gasteiger partial charge is 0.321 e. The molecule has 0 saturated carbocycles. The van der Waals surface area contributed by atoms with Crippen molar-refractivity contribution in [3.8, 4) is 0 Å². The third kappa shape index (κ3) is 4.24. The number of rotatable bonds is 1. The lowest BCUT2D eigenvalue weighted by Gasteiger charge is -2.20. The summed E-state index contributed by atoms with van der Waals surface area (Å²) in [5.41, 5.74) is 0.852. The molecule has 0 spiro atoms. The predicted octanol–water partition coefficient (Wildman–Crippen LogP) is 1.94. The normalized spacial score (nSPS) is 15.6. The maximum Gasteiger partial charge on any atom is 0.321 e. The first-order chi connectivity index (χ1) is 7.86. The standard InChI is InChI=1S/C12H17N3O.ClH/c16-12(14-11-5-2-1-3-6-11)15-9-4-7-13-8-10-15;/h1-3,5-6,13H,4,7-10H2,(H,14,16);1H. The van der Waals surface area contributed by atoms with E-state index in [-0.39, 0.29) is 18.4 Å². The number of benzene rings is 1. The van der Waals surface area contributed by atoms with Crippen LogP contribution < -0.4 is 10.6 Å². The van der Waals surface area contributed by atoms with Crippen LogP contribution in [0.4, 0.5) is 10.5 Å². The summed E-state index contributed by atoms with van der Waals surface area (Å²) in [7, 11) is 0. The van der Waals surface area contributed by atoms with Gasteiger partial charge in [-0.1, -0.05) is 18.2 Å². The molecule has 5 heteroatoms. The van der Waals surface area contributed by atoms with Crippen LogP contribution in [0.15, 0.2) is 30.3 Å². The van der Waals surface area contributed by atoms with Gasteiger partial charge in [-0.2, -0.15) is 0 Å². The summed E-state index contributed by atoms with van der Waals surface area (Å²) in [5, 5.41) is 6.17. The zero-order chi connectivity index (χ0) is 11.2. The van der Waals surface area contributed by atoms with Crippen LogP contribution in [0.1, 0.15) is 6.42 Å². The Morgan fingerprint density at radius 1 is 1.18 bits per heavy atom. The van der Waals surface area contributed by atoms with Gasteiger partial charge in [0.15, 0.2) is 0 Å². The van der Waals surface area contributed by atoms with Crippen LogP contribution in [-0.4, -0.2) is 37.1 Å². The van der Waals surface area contributed by atoms with Gasteiger partial charge in [-0.15, -0.1) is 12.4 Å². The largest absolute Gasteiger partial charge is 0.323 e. The Labute approximate surface area is 108 Å². The number of carbonyl (C=O) groups is 1. The van der Waals surface area contributed by atoms with Gasteiger partial charge in [0.25, 0.3) is 0 Å². The van der Waals surface area contributed by atoms with Crippen molar-refractivity contribution in [2.24, 2.45) is 0 Å². The summed E-state index contributed by atoms with van der Waals surface area (Å²) in [5.74, 6) is 0. The van der Waals surface area contributed by atoms with E-state index in [9.17, 15) is 4.79 Å². The first-order valence-corrected chi connectivity index (χ1v) is 5.68. The van der Waals surface area contributed by atoms with E-state index >= 15 is 0 Å². The summed E-state index contributed by atoms with van der Waals surface area (Å²) in [6, 6.07) is 9.56. The van der Waals surface area contributed by atoms with E-state index in [4.69, 9.17) is 0 Å². The van der Waals surface area contributed by atoms with E-state index in [0.29, 0.717) is 0 Å². The number of carbonyl (C=O) groups excluding carboxylic acids is 1. The maximum atomic E-state index is 11.9. The van der Waals surface area contributed by atoms with E-state index in [0.717, 1.165) is 38.3 Å². The van der Waals surface area contributed by atoms with E-state index in [1.54, 1.807) is 0 Å². The quantitative estimate of drug-likeness (QED) is 0.806. The molecular formula is C12H18ClN3O. The molecule has 4 nitrogen and oxygen atoms in total. The zero-order valence-corrected chi connectivity index (χ0v) is 10.5. The molecule has 17 heavy (non-hydrogen) atoms. The second kappa shape index (κ2) is 7.14. The van der Waals surface area contributed by atoms with Crippen LogP contribution in [0.5, 0.6) is 0 Å². The molecule has 0 unspecified atom stereocenters. The molecule has 1 aliphatic heterocycles. The van der Waals surface area contributed by atoms with Crippen molar-refractivity contribution in [1.82, 2.24) is 10.2 Å². The molecule has 2 N–H and O–H groups in total. The highest BCUT2D eigenvalue weighted by Crippen LogP contribution is 2.07. The molecule has 1 heterocycles. The van der Waals surface area contributed by atoms with Gasteiger partial charge in [0.05, 0.1) is 0 Å². The summed E-state index contributed by atoms with van der Waals surface area (Å²) in [4.78, 5) is 13.8. The highest BCUT2D eigenvalue weighted by molar-refractivity contribution is 5.89. The third-order valence-electron chi connectivity index (χ3n) is 2.65. The summed E-state index contributed by atoms with van der Waals surface area (Å²) in [6.07, 6.45) is 1.02. The molecule has 94 valence electrons. The highest BCUT2D eigenvalue weighted by atomic mass is 35.5. The number of nitrogens with zero attached hydrogens (tertiary/aromatic N) is 1. The second-order valence-electron chi connectivity index (χ2n) is 3.89. The molecule has 0 aliphatic carbocycles. The lowest BCUT2D eigenvalue weighted by Crippen LogP contribution is -2.37. The van der Waals surface area contributed by atoms with Gasteiger partial charge in [0.1, 0.15) is 0 Å². The van der Waals surface area contributed by atoms with Crippen molar-refractivity contribution in [3.63, 3.8) is 0 Å². The fourth-order valence-corrected chi connectivity index (χ4v) is 1.77. The van der Waals surface area contributed by atoms with Gasteiger partial charge < -0.3 is 15.5 Å². The van der Waals surface area contributed by atoms with Crippen molar-refractivity contribution < 1.29 is 4.79 Å². The van der Waals surface area contributed by atoms with Gasteiger partial charge in [0.2, 0.25) is 0 Å². The Balaban J connectivity index is 0.00000144.